The number of benzene rings is 1. The van der Waals surface area contributed by atoms with Gasteiger partial charge in [0.05, 0.1) is 28.5 Å². The number of amides is 1. The number of carbonyl (C=O) groups excluding carboxylic acids is 1. The molecule has 1 aromatic carbocycles. The SMILES string of the molecule is COC(=O)N1CCC(N2CCn3c(=O)c(-c4ccc(F)c5sc(N)c(C#N)c45)c(F)c4nc(OC[C@@]56CCCN5C[C@H](F)C6)nc2c43)C1. The molecule has 16 heteroatoms. The molecular weight excluding hydrogens is 649 g/mol. The molecule has 8 rings (SSSR count). The van der Waals surface area contributed by atoms with Gasteiger partial charge in [0.25, 0.3) is 5.56 Å². The van der Waals surface area contributed by atoms with Gasteiger partial charge in [0.2, 0.25) is 0 Å². The van der Waals surface area contributed by atoms with Crippen LogP contribution in [0.1, 0.15) is 31.2 Å². The predicted octanol–water partition coefficient (Wildman–Crippen LogP) is 4.02. The molecule has 3 saturated heterocycles. The number of rotatable bonds is 5. The number of anilines is 2. The third-order valence-corrected chi connectivity index (χ3v) is 11.3. The molecule has 4 aliphatic heterocycles. The van der Waals surface area contributed by atoms with Crippen LogP contribution in [0.25, 0.3) is 32.2 Å². The average Bonchev–Trinajstić information content (AvgIpc) is 3.85. The minimum atomic E-state index is -0.977. The summed E-state index contributed by atoms with van der Waals surface area (Å²) in [5.41, 5.74) is 4.41. The van der Waals surface area contributed by atoms with Gasteiger partial charge in [-0.3, -0.25) is 9.69 Å². The highest BCUT2D eigenvalue weighted by Gasteiger charge is 2.49. The fraction of sp³-hybridized carbons (Fsp3) is 0.469. The van der Waals surface area contributed by atoms with Crippen LogP contribution in [-0.4, -0.2) is 94.6 Å². The van der Waals surface area contributed by atoms with Crippen molar-refractivity contribution in [3.8, 4) is 23.2 Å². The maximum absolute atomic E-state index is 17.0. The summed E-state index contributed by atoms with van der Waals surface area (Å²) < 4.78 is 59.0. The Balaban J connectivity index is 1.30. The van der Waals surface area contributed by atoms with Gasteiger partial charge in [-0.25, -0.2) is 18.0 Å². The van der Waals surface area contributed by atoms with E-state index in [9.17, 15) is 23.6 Å². The fourth-order valence-corrected chi connectivity index (χ4v) is 9.05. The van der Waals surface area contributed by atoms with E-state index in [4.69, 9.17) is 20.2 Å². The number of nitriles is 1. The minimum absolute atomic E-state index is 0.0269. The van der Waals surface area contributed by atoms with Crippen molar-refractivity contribution in [1.82, 2.24) is 24.3 Å². The van der Waals surface area contributed by atoms with Crippen LogP contribution in [0.5, 0.6) is 6.01 Å². The Labute approximate surface area is 276 Å². The van der Waals surface area contributed by atoms with Crippen molar-refractivity contribution in [2.45, 2.75) is 50.0 Å². The van der Waals surface area contributed by atoms with Gasteiger partial charge in [0.1, 0.15) is 40.7 Å². The fourth-order valence-electron chi connectivity index (χ4n) is 8.10. The van der Waals surface area contributed by atoms with Crippen molar-refractivity contribution in [3.05, 3.63) is 39.7 Å². The zero-order valence-corrected chi connectivity index (χ0v) is 26.8. The number of ether oxygens (including phenoxy) is 2. The molecule has 48 heavy (non-hydrogen) atoms. The summed E-state index contributed by atoms with van der Waals surface area (Å²) in [6.45, 7) is 2.41. The molecule has 1 unspecified atom stereocenters. The largest absolute Gasteiger partial charge is 0.461 e. The quantitative estimate of drug-likeness (QED) is 0.329. The number of fused-ring (bicyclic) bond motifs is 2. The van der Waals surface area contributed by atoms with Gasteiger partial charge in [-0.15, -0.1) is 11.3 Å². The van der Waals surface area contributed by atoms with Gasteiger partial charge in [-0.2, -0.15) is 15.2 Å². The number of likely N-dealkylation sites (tertiary alicyclic amines) is 1. The van der Waals surface area contributed by atoms with E-state index in [1.165, 1.54) is 17.7 Å². The zero-order valence-electron chi connectivity index (χ0n) is 26.0. The molecule has 4 aromatic rings. The summed E-state index contributed by atoms with van der Waals surface area (Å²) in [6, 6.07) is 4.03. The van der Waals surface area contributed by atoms with E-state index in [1.54, 1.807) is 4.90 Å². The number of halogens is 3. The Morgan fingerprint density at radius 2 is 2.04 bits per heavy atom. The highest BCUT2D eigenvalue weighted by Crippen LogP contribution is 2.44. The van der Waals surface area contributed by atoms with E-state index in [-0.39, 0.29) is 73.8 Å². The number of pyridine rings is 1. The monoisotopic (exact) mass is 680 g/mol. The number of nitrogens with zero attached hydrogens (tertiary/aromatic N) is 7. The number of hydrogen-bond donors (Lipinski definition) is 1. The first-order chi connectivity index (χ1) is 23.1. The van der Waals surface area contributed by atoms with Crippen LogP contribution >= 0.6 is 11.3 Å². The number of methoxy groups -OCH3 is 1. The van der Waals surface area contributed by atoms with E-state index >= 15 is 4.39 Å². The van der Waals surface area contributed by atoms with Gasteiger partial charge in [0.15, 0.2) is 11.6 Å². The molecule has 0 spiro atoms. The van der Waals surface area contributed by atoms with Crippen LogP contribution < -0.4 is 20.9 Å². The van der Waals surface area contributed by atoms with Gasteiger partial charge in [-0.1, -0.05) is 6.07 Å². The number of alkyl halides is 1. The molecule has 3 fully saturated rings. The normalized spacial score (nSPS) is 23.6. The number of carbonyl (C=O) groups is 1. The van der Waals surface area contributed by atoms with Gasteiger partial charge >= 0.3 is 12.1 Å². The lowest BCUT2D eigenvalue weighted by Crippen LogP contribution is -2.46. The van der Waals surface area contributed by atoms with E-state index in [0.717, 1.165) is 36.8 Å². The molecule has 0 aliphatic carbocycles. The maximum atomic E-state index is 17.0. The average molecular weight is 681 g/mol. The number of nitrogens with two attached hydrogens (primary N) is 1. The summed E-state index contributed by atoms with van der Waals surface area (Å²) >= 11 is 0.853. The van der Waals surface area contributed by atoms with Crippen molar-refractivity contribution >= 4 is 49.4 Å². The molecule has 0 saturated carbocycles. The lowest BCUT2D eigenvalue weighted by Gasteiger charge is -2.35. The van der Waals surface area contributed by atoms with E-state index in [1.807, 2.05) is 11.0 Å². The van der Waals surface area contributed by atoms with E-state index in [2.05, 4.69) is 9.88 Å². The van der Waals surface area contributed by atoms with Crippen LogP contribution in [0, 0.1) is 23.0 Å². The van der Waals surface area contributed by atoms with Gasteiger partial charge < -0.3 is 29.6 Å². The Kier molecular flexibility index (Phi) is 7.18. The maximum Gasteiger partial charge on any atom is 0.409 e. The van der Waals surface area contributed by atoms with E-state index < -0.39 is 35.0 Å². The molecule has 1 amide bonds. The van der Waals surface area contributed by atoms with Gasteiger partial charge in [-0.05, 0) is 31.9 Å². The Bertz CT molecular complexity index is 2120. The number of aromatic nitrogens is 3. The first-order valence-electron chi connectivity index (χ1n) is 15.8. The highest BCUT2D eigenvalue weighted by molar-refractivity contribution is 7.23. The van der Waals surface area contributed by atoms with Crippen LogP contribution in [0.15, 0.2) is 16.9 Å². The topological polar surface area (TPSA) is 143 Å². The third kappa shape index (κ3) is 4.51. The van der Waals surface area contributed by atoms with Crippen LogP contribution in [-0.2, 0) is 11.3 Å². The van der Waals surface area contributed by atoms with Crippen molar-refractivity contribution < 1.29 is 27.4 Å². The second-order valence-corrected chi connectivity index (χ2v) is 13.9. The molecule has 4 aliphatic rings. The summed E-state index contributed by atoms with van der Waals surface area (Å²) in [4.78, 5) is 41.3. The van der Waals surface area contributed by atoms with Crippen LogP contribution in [0.4, 0.5) is 28.8 Å². The molecular formula is C32H31F3N8O4S. The first kappa shape index (κ1) is 30.7. The van der Waals surface area contributed by atoms with Crippen molar-refractivity contribution in [2.24, 2.45) is 0 Å². The highest BCUT2D eigenvalue weighted by atomic mass is 32.1. The third-order valence-electron chi connectivity index (χ3n) is 10.3. The molecule has 7 heterocycles. The molecule has 2 N–H and O–H groups in total. The van der Waals surface area contributed by atoms with Crippen molar-refractivity contribution in [1.29, 1.82) is 5.26 Å². The van der Waals surface area contributed by atoms with Crippen LogP contribution in [0.3, 0.4) is 0 Å². The molecule has 12 nitrogen and oxygen atoms in total. The molecule has 0 bridgehead atoms. The van der Waals surface area contributed by atoms with Crippen molar-refractivity contribution in [3.63, 3.8) is 0 Å². The van der Waals surface area contributed by atoms with E-state index in [0.29, 0.717) is 39.0 Å². The van der Waals surface area contributed by atoms with Crippen molar-refractivity contribution in [2.75, 3.05) is 57.1 Å². The Morgan fingerprint density at radius 3 is 2.83 bits per heavy atom. The Morgan fingerprint density at radius 1 is 1.21 bits per heavy atom. The lowest BCUT2D eigenvalue weighted by atomic mass is 9.95. The minimum Gasteiger partial charge on any atom is -0.461 e. The smallest absolute Gasteiger partial charge is 0.409 e. The molecule has 3 atom stereocenters. The second kappa shape index (κ2) is 11.2. The predicted molar refractivity (Wildman–Crippen MR) is 172 cm³/mol. The lowest BCUT2D eigenvalue weighted by molar-refractivity contribution is 0.107. The van der Waals surface area contributed by atoms with Gasteiger partial charge in [0, 0.05) is 56.1 Å². The Hall–Kier alpha value is -4.62. The number of thiophene rings is 1. The molecule has 0 radical (unpaired) electrons. The second-order valence-electron chi connectivity index (χ2n) is 12.8. The molecule has 250 valence electrons. The zero-order chi connectivity index (χ0) is 33.5. The summed E-state index contributed by atoms with van der Waals surface area (Å²) in [5, 5.41) is 9.98. The van der Waals surface area contributed by atoms with Crippen LogP contribution in [0.2, 0.25) is 0 Å². The summed E-state index contributed by atoms with van der Waals surface area (Å²) in [7, 11) is 1.32. The number of nitrogen functional groups attached to an aromatic ring is 1. The molecule has 3 aromatic heterocycles. The number of hydrogen-bond acceptors (Lipinski definition) is 11. The standard InChI is InChI=1S/C32H31F3N8O4S/c1-46-31(45)40-8-5-17(14-40)42-9-10-43-25-24(38-30(39-28(25)42)47-15-32-6-2-7-41(32)13-16(33)11-32)23(35)22(29(43)44)18-3-4-20(34)26-21(18)19(12-36)27(37)48-26/h3-4,16-17H,2,5-11,13-15,37H2,1H3/t16-,17?,32+/m1/s1. The summed E-state index contributed by atoms with van der Waals surface area (Å²) in [6.07, 6.45) is 1.11. The summed E-state index contributed by atoms with van der Waals surface area (Å²) in [5.74, 6) is -1.35. The first-order valence-corrected chi connectivity index (χ1v) is 16.6.